The van der Waals surface area contributed by atoms with Gasteiger partial charge in [0.2, 0.25) is 0 Å². The summed E-state index contributed by atoms with van der Waals surface area (Å²) >= 11 is 1.87. The van der Waals surface area contributed by atoms with Crippen LogP contribution in [0.25, 0.3) is 70.1 Å². The molecule has 0 saturated carbocycles. The molecular weight excluding hydrogens is 567 g/mol. The third kappa shape index (κ3) is 4.62. The molecule has 1 atom stereocenters. The Morgan fingerprint density at radius 1 is 0.533 bits per heavy atom. The van der Waals surface area contributed by atoms with E-state index in [4.69, 9.17) is 15.0 Å². The fourth-order valence-corrected chi connectivity index (χ4v) is 7.65. The van der Waals surface area contributed by atoms with Crippen LogP contribution in [-0.2, 0) is 0 Å². The lowest BCUT2D eigenvalue weighted by molar-refractivity contribution is 0.855. The van der Waals surface area contributed by atoms with E-state index in [1.54, 1.807) is 0 Å². The lowest BCUT2D eigenvalue weighted by Crippen LogP contribution is -2.05. The summed E-state index contributed by atoms with van der Waals surface area (Å²) < 4.78 is 2.66. The first-order valence-corrected chi connectivity index (χ1v) is 16.1. The molecule has 45 heavy (non-hydrogen) atoms. The topological polar surface area (TPSA) is 38.7 Å². The van der Waals surface area contributed by atoms with Crippen molar-refractivity contribution >= 4 is 58.6 Å². The van der Waals surface area contributed by atoms with Gasteiger partial charge in [0.05, 0.1) is 0 Å². The van der Waals surface area contributed by atoms with Gasteiger partial charge in [-0.05, 0) is 57.8 Å². The smallest absolute Gasteiger partial charge is 0.164 e. The van der Waals surface area contributed by atoms with E-state index in [1.807, 2.05) is 29.5 Å². The molecule has 6 aromatic carbocycles. The van der Waals surface area contributed by atoms with Gasteiger partial charge in [0.15, 0.2) is 17.5 Å². The van der Waals surface area contributed by atoms with Crippen molar-refractivity contribution in [1.29, 1.82) is 0 Å². The zero-order chi connectivity index (χ0) is 29.7. The number of nitrogens with zero attached hydrogens (tertiary/aromatic N) is 3. The highest BCUT2D eigenvalue weighted by Crippen LogP contribution is 2.40. The summed E-state index contributed by atoms with van der Waals surface area (Å²) in [6.45, 7) is 0. The van der Waals surface area contributed by atoms with Crippen molar-refractivity contribution in [1.82, 2.24) is 15.0 Å². The third-order valence-corrected chi connectivity index (χ3v) is 9.95. The van der Waals surface area contributed by atoms with E-state index >= 15 is 0 Å². The van der Waals surface area contributed by atoms with Crippen LogP contribution in [0.2, 0.25) is 0 Å². The quantitative estimate of drug-likeness (QED) is 0.204. The van der Waals surface area contributed by atoms with Crippen LogP contribution in [-0.4, -0.2) is 15.0 Å². The lowest BCUT2D eigenvalue weighted by Gasteiger charge is -2.18. The van der Waals surface area contributed by atoms with Crippen molar-refractivity contribution in [3.05, 3.63) is 157 Å². The van der Waals surface area contributed by atoms with Gasteiger partial charge in [-0.2, -0.15) is 0 Å². The minimum Gasteiger partial charge on any atom is -0.208 e. The van der Waals surface area contributed by atoms with Crippen molar-refractivity contribution < 1.29 is 0 Å². The summed E-state index contributed by atoms with van der Waals surface area (Å²) in [4.78, 5) is 15.1. The Morgan fingerprint density at radius 2 is 1.24 bits per heavy atom. The fraction of sp³-hybridized carbons (Fsp3) is 0.0488. The highest BCUT2D eigenvalue weighted by Gasteiger charge is 2.19. The molecule has 2 aromatic heterocycles. The van der Waals surface area contributed by atoms with E-state index in [0.29, 0.717) is 17.5 Å². The maximum atomic E-state index is 5.10. The van der Waals surface area contributed by atoms with Crippen molar-refractivity contribution in [2.45, 2.75) is 12.3 Å². The average molecular weight is 594 g/mol. The SMILES string of the molecule is C1=CC(c2nc(-c3ccccc3)nc(-c3cccc4ccccc34)n2)=CC(c2ccc3sc4cc5ccccc5cc4c3c2)C1. The maximum Gasteiger partial charge on any atom is 0.164 e. The molecule has 8 aromatic rings. The number of rotatable bonds is 4. The van der Waals surface area contributed by atoms with Crippen LogP contribution in [0.15, 0.2) is 146 Å². The molecule has 2 heterocycles. The summed E-state index contributed by atoms with van der Waals surface area (Å²) in [5.41, 5.74) is 4.31. The molecule has 9 rings (SSSR count). The Hall–Kier alpha value is -5.45. The Balaban J connectivity index is 1.17. The largest absolute Gasteiger partial charge is 0.208 e. The van der Waals surface area contributed by atoms with E-state index in [1.165, 1.54) is 41.9 Å². The zero-order valence-corrected chi connectivity index (χ0v) is 25.2. The Bertz CT molecular complexity index is 2470. The van der Waals surface area contributed by atoms with Crippen molar-refractivity contribution in [3.8, 4) is 22.8 Å². The van der Waals surface area contributed by atoms with Crippen LogP contribution in [0.1, 0.15) is 23.7 Å². The molecule has 0 spiro atoms. The van der Waals surface area contributed by atoms with E-state index in [9.17, 15) is 0 Å². The molecule has 0 aliphatic heterocycles. The number of hydrogen-bond donors (Lipinski definition) is 0. The minimum atomic E-state index is 0.225. The third-order valence-electron chi connectivity index (χ3n) is 8.81. The fourth-order valence-electron chi connectivity index (χ4n) is 6.54. The Labute approximate surface area is 264 Å². The molecular formula is C41H27N3S. The number of thiophene rings is 1. The number of aromatic nitrogens is 3. The van der Waals surface area contributed by atoms with E-state index in [0.717, 1.165) is 28.5 Å². The number of hydrogen-bond acceptors (Lipinski definition) is 4. The van der Waals surface area contributed by atoms with Crippen LogP contribution in [0.4, 0.5) is 0 Å². The predicted molar refractivity (Wildman–Crippen MR) is 190 cm³/mol. The van der Waals surface area contributed by atoms with Gasteiger partial charge in [0.25, 0.3) is 0 Å². The standard InChI is InChI=1S/C41H27N3S/c1-2-11-27(12-3-1)39-42-40(44-41(43-39)34-19-9-15-26-10-6-7-18-33(26)34)32-17-8-16-28(22-32)31-20-21-37-35(24-31)36-23-29-13-4-5-14-30(29)25-38(36)45-37/h1-15,17-25,28H,16H2. The van der Waals surface area contributed by atoms with Crippen molar-refractivity contribution in [3.63, 3.8) is 0 Å². The Kier molecular flexibility index (Phi) is 6.13. The van der Waals surface area contributed by atoms with Crippen molar-refractivity contribution in [2.24, 2.45) is 0 Å². The molecule has 1 aliphatic rings. The number of fused-ring (bicyclic) bond motifs is 5. The molecule has 0 bridgehead atoms. The second-order valence-corrected chi connectivity index (χ2v) is 12.7. The highest BCUT2D eigenvalue weighted by atomic mass is 32.1. The molecule has 0 radical (unpaired) electrons. The monoisotopic (exact) mass is 593 g/mol. The first-order chi connectivity index (χ1) is 22.3. The molecule has 212 valence electrons. The molecule has 0 amide bonds. The van der Waals surface area contributed by atoms with Crippen molar-refractivity contribution in [2.75, 3.05) is 0 Å². The van der Waals surface area contributed by atoms with Gasteiger partial charge in [-0.1, -0.05) is 121 Å². The minimum absolute atomic E-state index is 0.225. The summed E-state index contributed by atoms with van der Waals surface area (Å²) in [6.07, 6.45) is 7.69. The van der Waals surface area contributed by atoms with E-state index in [2.05, 4.69) is 127 Å². The summed E-state index contributed by atoms with van der Waals surface area (Å²) in [5.74, 6) is 2.29. The molecule has 4 heteroatoms. The highest BCUT2D eigenvalue weighted by molar-refractivity contribution is 7.25. The summed E-state index contributed by atoms with van der Waals surface area (Å²) in [7, 11) is 0. The van der Waals surface area contributed by atoms with Gasteiger partial charge in [-0.15, -0.1) is 11.3 Å². The number of allylic oxidation sites excluding steroid dienone is 4. The summed E-state index contributed by atoms with van der Waals surface area (Å²) in [6, 6.07) is 45.2. The van der Waals surface area contributed by atoms with Gasteiger partial charge in [-0.3, -0.25) is 0 Å². The van der Waals surface area contributed by atoms with Gasteiger partial charge < -0.3 is 0 Å². The second kappa shape index (κ2) is 10.6. The number of benzene rings is 6. The molecule has 1 unspecified atom stereocenters. The molecule has 1 aliphatic carbocycles. The molecule has 0 N–H and O–H groups in total. The normalized spacial score (nSPS) is 14.8. The van der Waals surface area contributed by atoms with Crippen LogP contribution >= 0.6 is 11.3 Å². The average Bonchev–Trinajstić information content (AvgIpc) is 3.47. The summed E-state index contributed by atoms with van der Waals surface area (Å²) in [5, 5.41) is 7.52. The van der Waals surface area contributed by atoms with Gasteiger partial charge in [0.1, 0.15) is 0 Å². The molecule has 0 fully saturated rings. The van der Waals surface area contributed by atoms with Gasteiger partial charge in [0, 0.05) is 42.8 Å². The lowest BCUT2D eigenvalue weighted by atomic mass is 9.88. The van der Waals surface area contributed by atoms with E-state index in [-0.39, 0.29) is 5.92 Å². The molecule has 0 saturated heterocycles. The first-order valence-electron chi connectivity index (χ1n) is 15.3. The molecule has 3 nitrogen and oxygen atoms in total. The van der Waals surface area contributed by atoms with Crippen LogP contribution in [0.5, 0.6) is 0 Å². The van der Waals surface area contributed by atoms with Gasteiger partial charge in [-0.25, -0.2) is 15.0 Å². The van der Waals surface area contributed by atoms with Gasteiger partial charge >= 0.3 is 0 Å². The zero-order valence-electron chi connectivity index (χ0n) is 24.4. The van der Waals surface area contributed by atoms with E-state index < -0.39 is 0 Å². The Morgan fingerprint density at radius 3 is 2.13 bits per heavy atom. The predicted octanol–water partition coefficient (Wildman–Crippen LogP) is 11.0. The first kappa shape index (κ1) is 26.0. The maximum absolute atomic E-state index is 5.10. The van der Waals surface area contributed by atoms with Crippen LogP contribution in [0.3, 0.4) is 0 Å². The van der Waals surface area contributed by atoms with Crippen LogP contribution in [0, 0.1) is 0 Å². The van der Waals surface area contributed by atoms with Crippen LogP contribution < -0.4 is 0 Å². The second-order valence-electron chi connectivity index (χ2n) is 11.6.